The molecule has 2 atom stereocenters. The molecule has 0 aliphatic carbocycles. The van der Waals surface area contributed by atoms with E-state index in [0.29, 0.717) is 41.7 Å². The van der Waals surface area contributed by atoms with Crippen LogP contribution in [0.3, 0.4) is 0 Å². The van der Waals surface area contributed by atoms with Crippen molar-refractivity contribution in [3.63, 3.8) is 0 Å². The predicted octanol–water partition coefficient (Wildman–Crippen LogP) is 3.59. The van der Waals surface area contributed by atoms with Crippen LogP contribution in [0.2, 0.25) is 0 Å². The number of carbonyl (C=O) groups excluding carboxylic acids is 3. The van der Waals surface area contributed by atoms with E-state index in [2.05, 4.69) is 63.5 Å². The Balaban J connectivity index is 0.000000318. The lowest BCUT2D eigenvalue weighted by Gasteiger charge is -2.24. The Morgan fingerprint density at radius 3 is 2.33 bits per heavy atom. The van der Waals surface area contributed by atoms with Crippen LogP contribution >= 0.6 is 0 Å². The maximum absolute atomic E-state index is 12.0. The molecule has 0 radical (unpaired) electrons. The standard InChI is InChI=1S/C13H25NO.C12H8N4O.C2H2F3NO/c1-10-8-14(9-13(10,5)6)11(15)7-12(2,3)4;1-2-9-4-3-5-12-14-7-11(16(9)12)10(6-13)15-8-17;3-2(4,5)1(6)7/h10H,7-9H2,1-6H3;1,3-5,7-8,10H,(H,15,17);(H2,6,7). The molecular weight excluding hydrogens is 513 g/mol. The van der Waals surface area contributed by atoms with Crippen LogP contribution in [0.5, 0.6) is 0 Å². The molecule has 1 fully saturated rings. The summed E-state index contributed by atoms with van der Waals surface area (Å²) in [7, 11) is 0. The number of carbonyl (C=O) groups is 3. The second kappa shape index (κ2) is 13.1. The summed E-state index contributed by atoms with van der Waals surface area (Å²) < 4.78 is 33.8. The van der Waals surface area contributed by atoms with Gasteiger partial charge in [0.05, 0.1) is 23.7 Å². The molecule has 1 aliphatic rings. The third-order valence-corrected chi connectivity index (χ3v) is 6.10. The first-order valence-electron chi connectivity index (χ1n) is 12.0. The van der Waals surface area contributed by atoms with Crippen LogP contribution in [0.1, 0.15) is 65.4 Å². The van der Waals surface area contributed by atoms with Crippen LogP contribution in [-0.4, -0.2) is 51.8 Å². The van der Waals surface area contributed by atoms with Crippen molar-refractivity contribution in [3.8, 4) is 18.4 Å². The number of terminal acetylenes is 1. The van der Waals surface area contributed by atoms with Crippen molar-refractivity contribution in [2.75, 3.05) is 13.1 Å². The molecule has 0 saturated carbocycles. The smallest absolute Gasteiger partial charge is 0.362 e. The SMILES string of the molecule is C#Cc1cccc2ncc(C(C#N)NC=O)n12.CC1CN(C(=O)CC(C)(C)C)CC1(C)C.NC(=O)C(F)(F)F. The Morgan fingerprint density at radius 2 is 1.92 bits per heavy atom. The molecule has 0 bridgehead atoms. The van der Waals surface area contributed by atoms with Crippen molar-refractivity contribution < 1.29 is 27.6 Å². The molecule has 212 valence electrons. The fourth-order valence-corrected chi connectivity index (χ4v) is 3.68. The fourth-order valence-electron chi connectivity index (χ4n) is 3.68. The summed E-state index contributed by atoms with van der Waals surface area (Å²) in [6, 6.07) is 6.52. The van der Waals surface area contributed by atoms with Crippen LogP contribution in [0, 0.1) is 40.4 Å². The van der Waals surface area contributed by atoms with Gasteiger partial charge in [-0.25, -0.2) is 4.98 Å². The number of rotatable bonds is 4. The number of nitrogens with two attached hydrogens (primary N) is 1. The van der Waals surface area contributed by atoms with E-state index in [-0.39, 0.29) is 10.8 Å². The molecule has 2 aromatic heterocycles. The highest BCUT2D eigenvalue weighted by Crippen LogP contribution is 2.35. The number of alkyl halides is 3. The Kier molecular flexibility index (Phi) is 11.1. The molecule has 1 aliphatic heterocycles. The number of hydrogen-bond acceptors (Lipinski definition) is 5. The van der Waals surface area contributed by atoms with Gasteiger partial charge in [0.25, 0.3) is 0 Å². The summed E-state index contributed by atoms with van der Waals surface area (Å²) in [5, 5.41) is 11.4. The third kappa shape index (κ3) is 9.64. The molecule has 3 rings (SSSR count). The first kappa shape index (κ1) is 33.0. The number of amides is 3. The number of aromatic nitrogens is 2. The molecule has 9 nitrogen and oxygen atoms in total. The highest BCUT2D eigenvalue weighted by molar-refractivity contribution is 5.79. The normalized spacial score (nSPS) is 16.9. The van der Waals surface area contributed by atoms with Crippen molar-refractivity contribution in [2.45, 2.75) is 60.2 Å². The van der Waals surface area contributed by atoms with E-state index in [1.165, 1.54) is 6.20 Å². The molecule has 0 spiro atoms. The second-order valence-electron chi connectivity index (χ2n) is 11.0. The van der Waals surface area contributed by atoms with E-state index in [0.717, 1.165) is 13.1 Å². The summed E-state index contributed by atoms with van der Waals surface area (Å²) in [5.41, 5.74) is 5.97. The number of hydrogen-bond donors (Lipinski definition) is 2. The summed E-state index contributed by atoms with van der Waals surface area (Å²) in [6.45, 7) is 15.0. The van der Waals surface area contributed by atoms with Crippen molar-refractivity contribution >= 4 is 23.9 Å². The lowest BCUT2D eigenvalue weighted by atomic mass is 9.84. The number of pyridine rings is 1. The molecular formula is C27H35F3N6O3. The maximum Gasteiger partial charge on any atom is 0.470 e. The van der Waals surface area contributed by atoms with E-state index >= 15 is 0 Å². The van der Waals surface area contributed by atoms with Crippen LogP contribution in [-0.2, 0) is 14.4 Å². The first-order chi connectivity index (χ1) is 17.9. The number of fused-ring (bicyclic) bond motifs is 1. The largest absolute Gasteiger partial charge is 0.470 e. The minimum atomic E-state index is -4.86. The molecule has 39 heavy (non-hydrogen) atoms. The molecule has 3 N–H and O–H groups in total. The minimum Gasteiger partial charge on any atom is -0.362 e. The number of primary amides is 1. The number of halogens is 3. The van der Waals surface area contributed by atoms with Gasteiger partial charge in [-0.2, -0.15) is 18.4 Å². The zero-order valence-electron chi connectivity index (χ0n) is 23.0. The van der Waals surface area contributed by atoms with Crippen LogP contribution in [0.4, 0.5) is 13.2 Å². The van der Waals surface area contributed by atoms with Crippen LogP contribution < -0.4 is 11.1 Å². The average molecular weight is 549 g/mol. The van der Waals surface area contributed by atoms with Crippen molar-refractivity contribution in [2.24, 2.45) is 22.5 Å². The van der Waals surface area contributed by atoms with Crippen molar-refractivity contribution in [1.29, 1.82) is 5.26 Å². The number of nitrogens with zero attached hydrogens (tertiary/aromatic N) is 4. The van der Waals surface area contributed by atoms with E-state index in [1.54, 1.807) is 22.6 Å². The lowest BCUT2D eigenvalue weighted by molar-refractivity contribution is -0.169. The van der Waals surface area contributed by atoms with E-state index in [4.69, 9.17) is 16.5 Å². The lowest BCUT2D eigenvalue weighted by Crippen LogP contribution is -2.32. The molecule has 3 amide bonds. The summed E-state index contributed by atoms with van der Waals surface area (Å²) in [4.78, 5) is 37.7. The van der Waals surface area contributed by atoms with Gasteiger partial charge in [0.15, 0.2) is 6.04 Å². The topological polar surface area (TPSA) is 134 Å². The molecule has 3 heterocycles. The van der Waals surface area contributed by atoms with Gasteiger partial charge >= 0.3 is 12.1 Å². The molecule has 12 heteroatoms. The van der Waals surface area contributed by atoms with Gasteiger partial charge in [-0.15, -0.1) is 6.42 Å². The number of likely N-dealkylation sites (tertiary alicyclic amines) is 1. The van der Waals surface area contributed by atoms with E-state index < -0.39 is 18.1 Å². The number of nitrogens with one attached hydrogen (secondary N) is 1. The van der Waals surface area contributed by atoms with E-state index in [1.807, 2.05) is 11.0 Å². The van der Waals surface area contributed by atoms with Crippen LogP contribution in [0.25, 0.3) is 5.65 Å². The zero-order valence-corrected chi connectivity index (χ0v) is 23.0. The fraction of sp³-hybridized carbons (Fsp3) is 0.519. The van der Waals surface area contributed by atoms with Gasteiger partial charge in [-0.1, -0.05) is 53.5 Å². The second-order valence-corrected chi connectivity index (χ2v) is 11.0. The van der Waals surface area contributed by atoms with Gasteiger partial charge in [-0.05, 0) is 28.9 Å². The molecule has 0 aromatic carbocycles. The summed E-state index contributed by atoms with van der Waals surface area (Å²) >= 11 is 0. The Bertz CT molecular complexity index is 1250. The zero-order chi connectivity index (χ0) is 30.2. The van der Waals surface area contributed by atoms with Gasteiger partial charge in [-0.3, -0.25) is 18.8 Å². The molecule has 2 aromatic rings. The molecule has 2 unspecified atom stereocenters. The predicted molar refractivity (Wildman–Crippen MR) is 140 cm³/mol. The van der Waals surface area contributed by atoms with Gasteiger partial charge < -0.3 is 16.0 Å². The summed E-state index contributed by atoms with van der Waals surface area (Å²) in [6.07, 6.45) is 3.20. The number of imidazole rings is 1. The molecule has 1 saturated heterocycles. The van der Waals surface area contributed by atoms with Gasteiger partial charge in [0, 0.05) is 19.5 Å². The quantitative estimate of drug-likeness (QED) is 0.445. The first-order valence-corrected chi connectivity index (χ1v) is 12.0. The highest BCUT2D eigenvalue weighted by atomic mass is 19.4. The monoisotopic (exact) mass is 548 g/mol. The Hall–Kier alpha value is -4.06. The van der Waals surface area contributed by atoms with Crippen LogP contribution in [0.15, 0.2) is 24.4 Å². The maximum atomic E-state index is 12.0. The highest BCUT2D eigenvalue weighted by Gasteiger charge is 2.39. The Labute approximate surface area is 226 Å². The van der Waals surface area contributed by atoms with Gasteiger partial charge in [0.2, 0.25) is 12.3 Å². The Morgan fingerprint density at radius 1 is 1.33 bits per heavy atom. The van der Waals surface area contributed by atoms with Crippen molar-refractivity contribution in [3.05, 3.63) is 35.8 Å². The average Bonchev–Trinajstić information content (AvgIpc) is 3.36. The number of nitriles is 1. The van der Waals surface area contributed by atoms with Gasteiger partial charge in [0.1, 0.15) is 5.65 Å². The van der Waals surface area contributed by atoms with Crippen molar-refractivity contribution in [1.82, 2.24) is 19.6 Å². The van der Waals surface area contributed by atoms with E-state index in [9.17, 15) is 22.8 Å². The third-order valence-electron chi connectivity index (χ3n) is 6.10. The minimum absolute atomic E-state index is 0.104. The summed E-state index contributed by atoms with van der Waals surface area (Å²) in [5.74, 6) is 1.19.